The lowest BCUT2D eigenvalue weighted by Gasteiger charge is -2.15. The number of halogens is 1. The van der Waals surface area contributed by atoms with Crippen LogP contribution in [0.3, 0.4) is 0 Å². The monoisotopic (exact) mass is 314 g/mol. The third kappa shape index (κ3) is 3.24. The molecule has 1 atom stereocenters. The predicted molar refractivity (Wildman–Crippen MR) is 86.5 cm³/mol. The van der Waals surface area contributed by atoms with Gasteiger partial charge in [0, 0.05) is 35.2 Å². The molecule has 3 rings (SSSR count). The van der Waals surface area contributed by atoms with E-state index in [1.807, 2.05) is 36.4 Å². The number of benzene rings is 1. The lowest BCUT2D eigenvalue weighted by Crippen LogP contribution is -2.21. The van der Waals surface area contributed by atoms with Gasteiger partial charge in [-0.05, 0) is 30.3 Å². The number of pyridine rings is 1. The molecule has 22 heavy (non-hydrogen) atoms. The van der Waals surface area contributed by atoms with Crippen LogP contribution in [0.5, 0.6) is 0 Å². The maximum atomic E-state index is 5.99. The van der Waals surface area contributed by atoms with Crippen molar-refractivity contribution in [1.29, 1.82) is 0 Å². The molecule has 0 aliphatic rings. The van der Waals surface area contributed by atoms with E-state index >= 15 is 0 Å². The van der Waals surface area contributed by atoms with E-state index in [0.717, 1.165) is 11.3 Å². The maximum Gasteiger partial charge on any atom is 0.181 e. The molecular weight excluding hydrogens is 300 g/mol. The van der Waals surface area contributed by atoms with Gasteiger partial charge in [-0.1, -0.05) is 17.7 Å². The fourth-order valence-corrected chi connectivity index (χ4v) is 2.27. The van der Waals surface area contributed by atoms with Gasteiger partial charge in [0.2, 0.25) is 0 Å². The minimum Gasteiger partial charge on any atom is -0.374 e. The van der Waals surface area contributed by atoms with Gasteiger partial charge in [0.1, 0.15) is 5.82 Å². The molecule has 1 unspecified atom stereocenters. The highest BCUT2D eigenvalue weighted by Gasteiger charge is 2.15. The molecule has 0 saturated carbocycles. The number of hydrogen-bond acceptors (Lipinski definition) is 5. The first-order valence-corrected chi connectivity index (χ1v) is 7.19. The van der Waals surface area contributed by atoms with Crippen LogP contribution in [0.15, 0.2) is 48.8 Å². The highest BCUT2D eigenvalue weighted by molar-refractivity contribution is 6.30. The van der Waals surface area contributed by atoms with Crippen molar-refractivity contribution in [1.82, 2.24) is 20.2 Å². The Morgan fingerprint density at radius 3 is 2.77 bits per heavy atom. The van der Waals surface area contributed by atoms with Crippen LogP contribution in [0, 0.1) is 0 Å². The zero-order valence-electron chi connectivity index (χ0n) is 11.7. The van der Waals surface area contributed by atoms with E-state index in [2.05, 4.69) is 25.5 Å². The molecule has 0 amide bonds. The summed E-state index contributed by atoms with van der Waals surface area (Å²) in [5.74, 6) is 1.29. The van der Waals surface area contributed by atoms with Gasteiger partial charge in [-0.25, -0.2) is 4.98 Å². The van der Waals surface area contributed by atoms with Crippen LogP contribution >= 0.6 is 11.6 Å². The van der Waals surface area contributed by atoms with Crippen LogP contribution in [0.25, 0.3) is 11.4 Å². The van der Waals surface area contributed by atoms with Crippen LogP contribution in [-0.2, 0) is 0 Å². The molecule has 2 heterocycles. The van der Waals surface area contributed by atoms with Gasteiger partial charge in [0.25, 0.3) is 0 Å². The molecule has 3 aromatic rings. The molecule has 0 saturated heterocycles. The summed E-state index contributed by atoms with van der Waals surface area (Å²) in [5, 5.41) is 11.1. The standard InChI is InChI=1S/C15H15ClN6/c16-11-2-1-3-12(8-11)19-13(9-17)15-20-14(21-22-15)10-4-6-18-7-5-10/h1-8,13,19H,9,17H2,(H,20,21,22). The van der Waals surface area contributed by atoms with Crippen molar-refractivity contribution in [2.45, 2.75) is 6.04 Å². The van der Waals surface area contributed by atoms with Gasteiger partial charge in [0.05, 0.1) is 6.04 Å². The van der Waals surface area contributed by atoms with E-state index in [1.165, 1.54) is 0 Å². The molecule has 1 aromatic carbocycles. The smallest absolute Gasteiger partial charge is 0.181 e. The molecule has 0 spiro atoms. The molecule has 112 valence electrons. The summed E-state index contributed by atoms with van der Waals surface area (Å²) < 4.78 is 0. The highest BCUT2D eigenvalue weighted by atomic mass is 35.5. The van der Waals surface area contributed by atoms with Crippen molar-refractivity contribution in [3.63, 3.8) is 0 Å². The number of nitrogens with one attached hydrogen (secondary N) is 2. The normalized spacial score (nSPS) is 12.1. The molecule has 4 N–H and O–H groups in total. The second-order valence-corrected chi connectivity index (χ2v) is 5.16. The van der Waals surface area contributed by atoms with E-state index in [9.17, 15) is 0 Å². The van der Waals surface area contributed by atoms with Crippen LogP contribution in [0.4, 0.5) is 5.69 Å². The van der Waals surface area contributed by atoms with Crippen LogP contribution in [0.2, 0.25) is 5.02 Å². The average Bonchev–Trinajstić information content (AvgIpc) is 3.03. The maximum absolute atomic E-state index is 5.99. The number of nitrogens with zero attached hydrogens (tertiary/aromatic N) is 3. The van der Waals surface area contributed by atoms with Crippen LogP contribution in [0.1, 0.15) is 11.9 Å². The minimum absolute atomic E-state index is 0.179. The number of anilines is 1. The average molecular weight is 315 g/mol. The largest absolute Gasteiger partial charge is 0.374 e. The van der Waals surface area contributed by atoms with Crippen molar-refractivity contribution in [2.24, 2.45) is 5.73 Å². The summed E-state index contributed by atoms with van der Waals surface area (Å²) >= 11 is 5.99. The van der Waals surface area contributed by atoms with Crippen molar-refractivity contribution in [3.05, 3.63) is 59.6 Å². The molecule has 2 aromatic heterocycles. The number of nitrogens with two attached hydrogens (primary N) is 1. The third-order valence-electron chi connectivity index (χ3n) is 3.17. The van der Waals surface area contributed by atoms with Crippen LogP contribution in [-0.4, -0.2) is 26.7 Å². The molecule has 0 aliphatic heterocycles. The number of rotatable bonds is 5. The molecular formula is C15H15ClN6. The third-order valence-corrected chi connectivity index (χ3v) is 3.41. The predicted octanol–water partition coefficient (Wildman–Crippen LogP) is 2.63. The SMILES string of the molecule is NCC(Nc1cccc(Cl)c1)c1nc(-c2ccncc2)n[nH]1. The minimum atomic E-state index is -0.179. The van der Waals surface area contributed by atoms with Crippen molar-refractivity contribution < 1.29 is 0 Å². The molecule has 0 fully saturated rings. The summed E-state index contributed by atoms with van der Waals surface area (Å²) in [5.41, 5.74) is 7.62. The van der Waals surface area contributed by atoms with Crippen molar-refractivity contribution >= 4 is 17.3 Å². The molecule has 0 aliphatic carbocycles. The van der Waals surface area contributed by atoms with Crippen molar-refractivity contribution in [2.75, 3.05) is 11.9 Å². The van der Waals surface area contributed by atoms with Crippen molar-refractivity contribution in [3.8, 4) is 11.4 Å². The number of H-pyrrole nitrogens is 1. The Bertz CT molecular complexity index is 743. The fraction of sp³-hybridized carbons (Fsp3) is 0.133. The van der Waals surface area contributed by atoms with Crippen LogP contribution < -0.4 is 11.1 Å². The van der Waals surface area contributed by atoms with E-state index in [4.69, 9.17) is 17.3 Å². The lowest BCUT2D eigenvalue weighted by molar-refractivity contribution is 0.730. The Balaban J connectivity index is 1.81. The zero-order chi connectivity index (χ0) is 15.4. The van der Waals surface area contributed by atoms with Gasteiger partial charge in [-0.15, -0.1) is 0 Å². The second-order valence-electron chi connectivity index (χ2n) is 4.72. The summed E-state index contributed by atoms with van der Waals surface area (Å²) in [7, 11) is 0. The summed E-state index contributed by atoms with van der Waals surface area (Å²) in [6.45, 7) is 0.373. The van der Waals surface area contributed by atoms with E-state index in [0.29, 0.717) is 23.2 Å². The first-order valence-electron chi connectivity index (χ1n) is 6.81. The quantitative estimate of drug-likeness (QED) is 0.673. The van der Waals surface area contributed by atoms with E-state index in [-0.39, 0.29) is 6.04 Å². The Morgan fingerprint density at radius 2 is 2.05 bits per heavy atom. The summed E-state index contributed by atoms with van der Waals surface area (Å²) in [4.78, 5) is 8.48. The number of aromatic amines is 1. The topological polar surface area (TPSA) is 92.5 Å². The van der Waals surface area contributed by atoms with Gasteiger partial charge < -0.3 is 11.1 Å². The van der Waals surface area contributed by atoms with E-state index < -0.39 is 0 Å². The Kier molecular flexibility index (Phi) is 4.32. The first-order chi connectivity index (χ1) is 10.8. The number of aromatic nitrogens is 4. The van der Waals surface area contributed by atoms with Gasteiger partial charge >= 0.3 is 0 Å². The van der Waals surface area contributed by atoms with Gasteiger partial charge in [-0.3, -0.25) is 10.1 Å². The first kappa shape index (κ1) is 14.5. The number of hydrogen-bond donors (Lipinski definition) is 3. The Labute approximate surface area is 132 Å². The molecule has 6 nitrogen and oxygen atoms in total. The Morgan fingerprint density at radius 1 is 1.23 bits per heavy atom. The summed E-state index contributed by atoms with van der Waals surface area (Å²) in [6.07, 6.45) is 3.41. The van der Waals surface area contributed by atoms with Gasteiger partial charge in [-0.2, -0.15) is 5.10 Å². The summed E-state index contributed by atoms with van der Waals surface area (Å²) in [6, 6.07) is 11.0. The zero-order valence-corrected chi connectivity index (χ0v) is 12.5. The second kappa shape index (κ2) is 6.55. The lowest BCUT2D eigenvalue weighted by atomic mass is 10.2. The van der Waals surface area contributed by atoms with E-state index in [1.54, 1.807) is 12.4 Å². The molecule has 0 radical (unpaired) electrons. The Hall–Kier alpha value is -2.44. The molecule has 7 heteroatoms. The van der Waals surface area contributed by atoms with Gasteiger partial charge in [0.15, 0.2) is 5.82 Å². The molecule has 0 bridgehead atoms. The fourth-order valence-electron chi connectivity index (χ4n) is 2.08. The highest BCUT2D eigenvalue weighted by Crippen LogP contribution is 2.21.